The first-order valence-corrected chi connectivity index (χ1v) is 15.9. The average Bonchev–Trinajstić information content (AvgIpc) is 3.63. The Labute approximate surface area is 234 Å². The number of aromatic nitrogens is 6. The Kier molecular flexibility index (Phi) is 8.04. The molecule has 2 aliphatic heterocycles. The highest BCUT2D eigenvalue weighted by molar-refractivity contribution is 7.98. The predicted molar refractivity (Wildman–Crippen MR) is 151 cm³/mol. The number of hydrogen-bond acceptors (Lipinski definition) is 11. The van der Waals surface area contributed by atoms with Crippen LogP contribution < -0.4 is 11.1 Å². The lowest BCUT2D eigenvalue weighted by atomic mass is 10.2. The largest absolute Gasteiger partial charge is 0.379 e. The second kappa shape index (κ2) is 11.4. The molecule has 0 bridgehead atoms. The van der Waals surface area contributed by atoms with E-state index in [4.69, 9.17) is 9.47 Å². The standard InChI is InChI=1S/C13H15N3O4S.C13H15N3O2S/c1-8-10-3-4-11(17)16(9-5-6-20-7-9)12(10)15-13(14-8)21(2,18)19;1-8-10-3-4-11(17)16(9-5-6-18-7-9)12(10)15-13(14-8)19-2/h3-4,9H,5-7H2,1-2H3;3-4,9H,5-7H2,1-2H3. The van der Waals surface area contributed by atoms with E-state index in [2.05, 4.69) is 19.9 Å². The van der Waals surface area contributed by atoms with Crippen LogP contribution in [0.1, 0.15) is 36.3 Å². The molecule has 0 aliphatic carbocycles. The van der Waals surface area contributed by atoms with Gasteiger partial charge in [0.25, 0.3) is 11.1 Å². The van der Waals surface area contributed by atoms with Crippen LogP contribution in [0.2, 0.25) is 0 Å². The van der Waals surface area contributed by atoms with Crippen molar-refractivity contribution in [3.63, 3.8) is 0 Å². The molecule has 0 radical (unpaired) electrons. The molecule has 4 aromatic heterocycles. The number of hydrogen-bond donors (Lipinski definition) is 0. The van der Waals surface area contributed by atoms with Crippen LogP contribution >= 0.6 is 11.8 Å². The Balaban J connectivity index is 0.000000162. The van der Waals surface area contributed by atoms with E-state index >= 15 is 0 Å². The summed E-state index contributed by atoms with van der Waals surface area (Å²) in [7, 11) is -3.54. The van der Waals surface area contributed by atoms with Gasteiger partial charge in [-0.15, -0.1) is 0 Å². The number of fused-ring (bicyclic) bond motifs is 2. The van der Waals surface area contributed by atoms with Crippen LogP contribution in [0.25, 0.3) is 22.1 Å². The fourth-order valence-corrected chi connectivity index (χ4v) is 5.89. The van der Waals surface area contributed by atoms with Crippen molar-refractivity contribution in [2.45, 2.75) is 49.1 Å². The maximum Gasteiger partial charge on any atom is 0.252 e. The number of pyridine rings is 2. The minimum absolute atomic E-state index is 0.0202. The van der Waals surface area contributed by atoms with Crippen molar-refractivity contribution in [3.8, 4) is 0 Å². The molecule has 14 heteroatoms. The molecule has 40 heavy (non-hydrogen) atoms. The third kappa shape index (κ3) is 5.53. The van der Waals surface area contributed by atoms with E-state index in [0.717, 1.165) is 29.4 Å². The van der Waals surface area contributed by atoms with Crippen LogP contribution in [0.3, 0.4) is 0 Å². The zero-order valence-corrected chi connectivity index (χ0v) is 24.3. The SMILES string of the molecule is CSc1nc(C)c2ccc(=O)n(C3CCOC3)c2n1.Cc1nc(S(C)(=O)=O)nc2c1ccc(=O)n2C1CCOC1. The number of rotatable bonds is 4. The summed E-state index contributed by atoms with van der Waals surface area (Å²) in [6.07, 6.45) is 4.55. The Bertz CT molecular complexity index is 1810. The zero-order valence-electron chi connectivity index (χ0n) is 22.7. The molecule has 0 amide bonds. The minimum Gasteiger partial charge on any atom is -0.379 e. The number of thioether (sulfide) groups is 1. The van der Waals surface area contributed by atoms with Crippen molar-refractivity contribution in [2.75, 3.05) is 38.9 Å². The molecular formula is C26H30N6O6S2. The number of sulfone groups is 1. The van der Waals surface area contributed by atoms with Gasteiger partial charge in [0.2, 0.25) is 15.0 Å². The van der Waals surface area contributed by atoms with Gasteiger partial charge < -0.3 is 9.47 Å². The first-order valence-electron chi connectivity index (χ1n) is 12.8. The molecule has 4 aromatic rings. The third-order valence-corrected chi connectivity index (χ3v) is 8.36. The Hall–Kier alpha value is -3.20. The van der Waals surface area contributed by atoms with Gasteiger partial charge in [0.1, 0.15) is 11.3 Å². The molecule has 12 nitrogen and oxygen atoms in total. The lowest BCUT2D eigenvalue weighted by molar-refractivity contribution is 0.186. The molecule has 212 valence electrons. The van der Waals surface area contributed by atoms with Crippen molar-refractivity contribution < 1.29 is 17.9 Å². The fourth-order valence-electron chi connectivity index (χ4n) is 4.93. The molecule has 6 heterocycles. The summed E-state index contributed by atoms with van der Waals surface area (Å²) in [5.41, 5.74) is 2.28. The van der Waals surface area contributed by atoms with E-state index in [1.165, 1.54) is 22.4 Å². The van der Waals surface area contributed by atoms with Gasteiger partial charge in [0.15, 0.2) is 5.16 Å². The molecule has 2 unspecified atom stereocenters. The molecule has 2 fully saturated rings. The Morgan fingerprint density at radius 1 is 0.800 bits per heavy atom. The van der Waals surface area contributed by atoms with Crippen molar-refractivity contribution in [1.82, 2.24) is 29.1 Å². The molecule has 2 saturated heterocycles. The van der Waals surface area contributed by atoms with Crippen LogP contribution in [0.5, 0.6) is 0 Å². The Morgan fingerprint density at radius 2 is 1.30 bits per heavy atom. The van der Waals surface area contributed by atoms with Gasteiger partial charge in [-0.3, -0.25) is 18.7 Å². The Morgan fingerprint density at radius 3 is 1.75 bits per heavy atom. The molecule has 0 saturated carbocycles. The summed E-state index contributed by atoms with van der Waals surface area (Å²) in [5, 5.41) is 2.05. The first kappa shape index (κ1) is 28.3. The minimum atomic E-state index is -3.54. The normalized spacial score (nSPS) is 19.2. The third-order valence-electron chi connectivity index (χ3n) is 6.96. The maximum absolute atomic E-state index is 12.2. The van der Waals surface area contributed by atoms with E-state index in [0.29, 0.717) is 54.7 Å². The van der Waals surface area contributed by atoms with Crippen LogP contribution in [-0.2, 0) is 19.3 Å². The van der Waals surface area contributed by atoms with Gasteiger partial charge in [0, 0.05) is 42.4 Å². The van der Waals surface area contributed by atoms with Gasteiger partial charge in [-0.25, -0.2) is 23.4 Å². The highest BCUT2D eigenvalue weighted by Crippen LogP contribution is 2.25. The average molecular weight is 587 g/mol. The monoisotopic (exact) mass is 586 g/mol. The summed E-state index contributed by atoms with van der Waals surface area (Å²) in [5.74, 6) is 0. The van der Waals surface area contributed by atoms with Gasteiger partial charge >= 0.3 is 0 Å². The van der Waals surface area contributed by atoms with Crippen molar-refractivity contribution >= 4 is 43.7 Å². The summed E-state index contributed by atoms with van der Waals surface area (Å²) in [6.45, 7) is 5.94. The summed E-state index contributed by atoms with van der Waals surface area (Å²) >= 11 is 1.49. The van der Waals surface area contributed by atoms with E-state index in [9.17, 15) is 18.0 Å². The molecule has 2 aliphatic rings. The fraction of sp³-hybridized carbons (Fsp3) is 0.462. The molecule has 2 atom stereocenters. The highest BCUT2D eigenvalue weighted by Gasteiger charge is 2.24. The van der Waals surface area contributed by atoms with E-state index in [1.807, 2.05) is 19.2 Å². The second-order valence-electron chi connectivity index (χ2n) is 9.75. The molecule has 0 spiro atoms. The van der Waals surface area contributed by atoms with Gasteiger partial charge in [-0.2, -0.15) is 4.98 Å². The molecular weight excluding hydrogens is 556 g/mol. The number of ether oxygens (including phenoxy) is 2. The summed E-state index contributed by atoms with van der Waals surface area (Å²) < 4.78 is 37.4. The van der Waals surface area contributed by atoms with Gasteiger partial charge in [-0.1, -0.05) is 11.8 Å². The second-order valence-corrected chi connectivity index (χ2v) is 12.4. The lowest BCUT2D eigenvalue weighted by Crippen LogP contribution is -2.26. The quantitative estimate of drug-likeness (QED) is 0.256. The maximum atomic E-state index is 12.2. The number of aryl methyl sites for hydroxylation is 2. The van der Waals surface area contributed by atoms with Gasteiger partial charge in [0.05, 0.1) is 36.7 Å². The first-order chi connectivity index (χ1) is 19.1. The van der Waals surface area contributed by atoms with Crippen molar-refractivity contribution in [1.29, 1.82) is 0 Å². The van der Waals surface area contributed by atoms with Crippen LogP contribution in [0, 0.1) is 13.8 Å². The topological polar surface area (TPSA) is 148 Å². The zero-order chi connectivity index (χ0) is 28.6. The van der Waals surface area contributed by atoms with Crippen LogP contribution in [0.4, 0.5) is 0 Å². The number of nitrogens with zero attached hydrogens (tertiary/aromatic N) is 6. The van der Waals surface area contributed by atoms with Crippen molar-refractivity contribution in [3.05, 3.63) is 56.4 Å². The summed E-state index contributed by atoms with van der Waals surface area (Å²) in [4.78, 5) is 41.4. The van der Waals surface area contributed by atoms with Crippen molar-refractivity contribution in [2.24, 2.45) is 0 Å². The molecule has 0 aromatic carbocycles. The molecule has 0 N–H and O–H groups in total. The smallest absolute Gasteiger partial charge is 0.252 e. The highest BCUT2D eigenvalue weighted by atomic mass is 32.2. The molecule has 6 rings (SSSR count). The predicted octanol–water partition coefficient (Wildman–Crippen LogP) is 2.25. The van der Waals surface area contributed by atoms with E-state index in [-0.39, 0.29) is 28.4 Å². The van der Waals surface area contributed by atoms with Gasteiger partial charge in [-0.05, 0) is 45.1 Å². The summed E-state index contributed by atoms with van der Waals surface area (Å²) in [6, 6.07) is 6.45. The van der Waals surface area contributed by atoms with E-state index < -0.39 is 9.84 Å². The van der Waals surface area contributed by atoms with Crippen LogP contribution in [-0.4, -0.2) is 76.4 Å². The van der Waals surface area contributed by atoms with Crippen LogP contribution in [0.15, 0.2) is 44.2 Å². The van der Waals surface area contributed by atoms with E-state index in [1.54, 1.807) is 23.6 Å². The lowest BCUT2D eigenvalue weighted by Gasteiger charge is -2.15.